The van der Waals surface area contributed by atoms with Gasteiger partial charge in [-0.15, -0.1) is 0 Å². The molecule has 128 valence electrons. The van der Waals surface area contributed by atoms with E-state index in [1.807, 2.05) is 19.1 Å². The van der Waals surface area contributed by atoms with E-state index in [-0.39, 0.29) is 18.6 Å². The molecule has 1 saturated carbocycles. The Kier molecular flexibility index (Phi) is 6.39. The van der Waals surface area contributed by atoms with Gasteiger partial charge in [-0.05, 0) is 44.2 Å². The first kappa shape index (κ1) is 18.2. The molecular formula is C18H27NO3S. The van der Waals surface area contributed by atoms with Crippen LogP contribution in [0.5, 0.6) is 0 Å². The summed E-state index contributed by atoms with van der Waals surface area (Å²) in [5, 5.41) is 9.22. The quantitative estimate of drug-likeness (QED) is 0.619. The number of hydrogen-bond acceptors (Lipinski definition) is 3. The minimum Gasteiger partial charge on any atom is -0.392 e. The standard InChI is InChI=1S/C18H27NO3S/c1-14-8-10-17(11-9-14)23(21,22)19-18-7-5-3-4-6-16(18)12-15(2)13-20/h8-11,16,18-20H,2-7,12-13H2,1H3/t16-,18+/m0/s1. The van der Waals surface area contributed by atoms with Crippen LogP contribution in [0.1, 0.15) is 44.1 Å². The van der Waals surface area contributed by atoms with E-state index >= 15 is 0 Å². The number of rotatable bonds is 6. The van der Waals surface area contributed by atoms with E-state index < -0.39 is 10.0 Å². The van der Waals surface area contributed by atoms with E-state index in [1.54, 1.807) is 12.1 Å². The molecule has 4 nitrogen and oxygen atoms in total. The Morgan fingerprint density at radius 3 is 2.52 bits per heavy atom. The summed E-state index contributed by atoms with van der Waals surface area (Å²) >= 11 is 0. The molecule has 0 saturated heterocycles. The van der Waals surface area contributed by atoms with E-state index in [2.05, 4.69) is 11.3 Å². The summed E-state index contributed by atoms with van der Waals surface area (Å²) < 4.78 is 28.2. The van der Waals surface area contributed by atoms with Gasteiger partial charge in [-0.2, -0.15) is 0 Å². The Bertz CT molecular complexity index is 622. The van der Waals surface area contributed by atoms with E-state index in [4.69, 9.17) is 0 Å². The number of sulfonamides is 1. The number of benzene rings is 1. The summed E-state index contributed by atoms with van der Waals surface area (Å²) in [4.78, 5) is 0.312. The van der Waals surface area contributed by atoms with Gasteiger partial charge >= 0.3 is 0 Å². The molecule has 1 aliphatic carbocycles. The molecule has 2 rings (SSSR count). The second-order valence-electron chi connectivity index (χ2n) is 6.55. The van der Waals surface area contributed by atoms with Crippen LogP contribution in [0, 0.1) is 12.8 Å². The third kappa shape index (κ3) is 5.16. The summed E-state index contributed by atoms with van der Waals surface area (Å²) in [6.07, 6.45) is 5.76. The van der Waals surface area contributed by atoms with Gasteiger partial charge in [0.2, 0.25) is 10.0 Å². The van der Waals surface area contributed by atoms with Gasteiger partial charge < -0.3 is 5.11 Å². The summed E-state index contributed by atoms with van der Waals surface area (Å²) in [6.45, 7) is 5.77. The van der Waals surface area contributed by atoms with Crippen LogP contribution in [-0.2, 0) is 10.0 Å². The maximum Gasteiger partial charge on any atom is 0.240 e. The zero-order valence-electron chi connectivity index (χ0n) is 13.8. The maximum atomic E-state index is 12.6. The molecule has 5 heteroatoms. The molecule has 23 heavy (non-hydrogen) atoms. The van der Waals surface area contributed by atoms with Crippen molar-refractivity contribution in [2.75, 3.05) is 6.61 Å². The SMILES string of the molecule is C=C(CO)C[C@@H]1CCCCC[C@H]1NS(=O)(=O)c1ccc(C)cc1. The molecule has 0 amide bonds. The summed E-state index contributed by atoms with van der Waals surface area (Å²) in [5.74, 6) is 0.206. The van der Waals surface area contributed by atoms with Crippen molar-refractivity contribution in [1.29, 1.82) is 0 Å². The highest BCUT2D eigenvalue weighted by molar-refractivity contribution is 7.89. The minimum atomic E-state index is -3.51. The molecule has 0 unspecified atom stereocenters. The van der Waals surface area contributed by atoms with Gasteiger partial charge in [-0.3, -0.25) is 0 Å². The van der Waals surface area contributed by atoms with Crippen molar-refractivity contribution in [3.05, 3.63) is 42.0 Å². The summed E-state index contributed by atoms with van der Waals surface area (Å²) in [6, 6.07) is 6.83. The molecular weight excluding hydrogens is 310 g/mol. The van der Waals surface area contributed by atoms with Crippen LogP contribution in [0.25, 0.3) is 0 Å². The molecule has 0 spiro atoms. The van der Waals surface area contributed by atoms with Crippen molar-refractivity contribution in [3.63, 3.8) is 0 Å². The second kappa shape index (κ2) is 8.08. The lowest BCUT2D eigenvalue weighted by atomic mass is 9.89. The highest BCUT2D eigenvalue weighted by atomic mass is 32.2. The number of nitrogens with one attached hydrogen (secondary N) is 1. The molecule has 1 aliphatic rings. The minimum absolute atomic E-state index is 0.0338. The van der Waals surface area contributed by atoms with E-state index in [0.717, 1.165) is 43.2 Å². The maximum absolute atomic E-state index is 12.6. The zero-order chi connectivity index (χ0) is 16.9. The molecule has 1 aromatic carbocycles. The van der Waals surface area contributed by atoms with Gasteiger partial charge in [0.15, 0.2) is 0 Å². The predicted octanol–water partition coefficient (Wildman–Crippen LogP) is 3.16. The average molecular weight is 337 g/mol. The van der Waals surface area contributed by atoms with Gasteiger partial charge in [0.25, 0.3) is 0 Å². The fraction of sp³-hybridized carbons (Fsp3) is 0.556. The van der Waals surface area contributed by atoms with Crippen LogP contribution in [-0.4, -0.2) is 26.2 Å². The van der Waals surface area contributed by atoms with Gasteiger partial charge in [0.05, 0.1) is 11.5 Å². The largest absolute Gasteiger partial charge is 0.392 e. The van der Waals surface area contributed by atoms with Crippen LogP contribution in [0.4, 0.5) is 0 Å². The van der Waals surface area contributed by atoms with Crippen molar-refractivity contribution >= 4 is 10.0 Å². The zero-order valence-corrected chi connectivity index (χ0v) is 14.6. The van der Waals surface area contributed by atoms with Crippen molar-refractivity contribution in [2.45, 2.75) is 56.4 Å². The van der Waals surface area contributed by atoms with Crippen molar-refractivity contribution in [3.8, 4) is 0 Å². The first-order valence-electron chi connectivity index (χ1n) is 8.29. The van der Waals surface area contributed by atoms with Crippen molar-refractivity contribution in [1.82, 2.24) is 4.72 Å². The predicted molar refractivity (Wildman–Crippen MR) is 92.7 cm³/mol. The van der Waals surface area contributed by atoms with E-state index in [1.165, 1.54) is 0 Å². The topological polar surface area (TPSA) is 66.4 Å². The molecule has 0 aromatic heterocycles. The fourth-order valence-electron chi connectivity index (χ4n) is 3.20. The fourth-order valence-corrected chi connectivity index (χ4v) is 4.54. The lowest BCUT2D eigenvalue weighted by Crippen LogP contribution is -2.40. The lowest BCUT2D eigenvalue weighted by molar-refractivity contribution is 0.304. The molecule has 1 fully saturated rings. The number of aliphatic hydroxyl groups is 1. The van der Waals surface area contributed by atoms with Crippen LogP contribution >= 0.6 is 0 Å². The van der Waals surface area contributed by atoms with Gasteiger partial charge in [0.1, 0.15) is 0 Å². The molecule has 0 radical (unpaired) electrons. The normalized spacial score (nSPS) is 22.5. The summed E-state index contributed by atoms with van der Waals surface area (Å²) in [5.41, 5.74) is 1.81. The second-order valence-corrected chi connectivity index (χ2v) is 8.27. The Labute approximate surface area is 139 Å². The van der Waals surface area contributed by atoms with Crippen LogP contribution in [0.2, 0.25) is 0 Å². The molecule has 1 aromatic rings. The molecule has 2 N–H and O–H groups in total. The number of aliphatic hydroxyl groups excluding tert-OH is 1. The first-order valence-corrected chi connectivity index (χ1v) is 9.77. The van der Waals surface area contributed by atoms with Gasteiger partial charge in [-0.25, -0.2) is 13.1 Å². The highest BCUT2D eigenvalue weighted by Gasteiger charge is 2.28. The van der Waals surface area contributed by atoms with Crippen molar-refractivity contribution < 1.29 is 13.5 Å². The monoisotopic (exact) mass is 337 g/mol. The highest BCUT2D eigenvalue weighted by Crippen LogP contribution is 2.29. The third-order valence-electron chi connectivity index (χ3n) is 4.57. The molecule has 0 bridgehead atoms. The summed E-state index contributed by atoms with van der Waals surface area (Å²) in [7, 11) is -3.51. The van der Waals surface area contributed by atoms with E-state index in [9.17, 15) is 13.5 Å². The molecule has 0 heterocycles. The first-order chi connectivity index (χ1) is 10.9. The van der Waals surface area contributed by atoms with Crippen LogP contribution in [0.3, 0.4) is 0 Å². The Balaban J connectivity index is 2.15. The Hall–Kier alpha value is -1.17. The molecule has 0 aliphatic heterocycles. The Morgan fingerprint density at radius 1 is 1.22 bits per heavy atom. The van der Waals surface area contributed by atoms with E-state index in [0.29, 0.717) is 11.3 Å². The average Bonchev–Trinajstić information content (AvgIpc) is 2.73. The number of hydrogen-bond donors (Lipinski definition) is 2. The van der Waals surface area contributed by atoms with Crippen LogP contribution in [0.15, 0.2) is 41.3 Å². The molecule has 2 atom stereocenters. The third-order valence-corrected chi connectivity index (χ3v) is 6.08. The van der Waals surface area contributed by atoms with Crippen molar-refractivity contribution in [2.24, 2.45) is 5.92 Å². The number of aryl methyl sites for hydroxylation is 1. The smallest absolute Gasteiger partial charge is 0.240 e. The van der Waals surface area contributed by atoms with Gasteiger partial charge in [-0.1, -0.05) is 49.1 Å². The Morgan fingerprint density at radius 2 is 1.87 bits per heavy atom. The van der Waals surface area contributed by atoms with Gasteiger partial charge in [0, 0.05) is 6.04 Å². The van der Waals surface area contributed by atoms with Crippen LogP contribution < -0.4 is 4.72 Å². The lowest BCUT2D eigenvalue weighted by Gasteiger charge is -2.26.